The summed E-state index contributed by atoms with van der Waals surface area (Å²) in [5.41, 5.74) is 2.05. The fraction of sp³-hybridized carbons (Fsp3) is 0.333. The van der Waals surface area contributed by atoms with Crippen LogP contribution >= 0.6 is 0 Å². The number of imide groups is 1. The predicted molar refractivity (Wildman–Crippen MR) is 73.1 cm³/mol. The molecule has 0 saturated carbocycles. The summed E-state index contributed by atoms with van der Waals surface area (Å²) in [6.07, 6.45) is 0.346. The van der Waals surface area contributed by atoms with Crippen LogP contribution in [0.2, 0.25) is 0 Å². The third kappa shape index (κ3) is 3.05. The second kappa shape index (κ2) is 6.33. The van der Waals surface area contributed by atoms with Gasteiger partial charge in [-0.25, -0.2) is 4.90 Å². The van der Waals surface area contributed by atoms with Crippen LogP contribution in [0.25, 0.3) is 0 Å². The minimum Gasteiger partial charge on any atom is -0.395 e. The molecule has 1 aromatic carbocycles. The van der Waals surface area contributed by atoms with Crippen LogP contribution in [0, 0.1) is 18.8 Å². The van der Waals surface area contributed by atoms with Gasteiger partial charge in [0.25, 0.3) is 11.8 Å². The molecule has 1 aliphatic heterocycles. The summed E-state index contributed by atoms with van der Waals surface area (Å²) in [6.45, 7) is 1.67. The average molecular weight is 273 g/mol. The number of ether oxygens (including phenoxy) is 1. The number of anilines is 1. The van der Waals surface area contributed by atoms with E-state index in [4.69, 9.17) is 9.84 Å². The first-order valence-electron chi connectivity index (χ1n) is 6.27. The van der Waals surface area contributed by atoms with E-state index in [-0.39, 0.29) is 19.8 Å². The van der Waals surface area contributed by atoms with E-state index in [0.29, 0.717) is 17.7 Å². The Labute approximate surface area is 117 Å². The van der Waals surface area contributed by atoms with E-state index >= 15 is 0 Å². The van der Waals surface area contributed by atoms with E-state index in [1.807, 2.05) is 19.1 Å². The van der Waals surface area contributed by atoms with Crippen molar-refractivity contribution in [2.75, 3.05) is 24.7 Å². The van der Waals surface area contributed by atoms with E-state index in [0.717, 1.165) is 10.5 Å². The van der Waals surface area contributed by atoms with Crippen molar-refractivity contribution in [1.29, 1.82) is 0 Å². The normalized spacial score (nSPS) is 15.0. The van der Waals surface area contributed by atoms with Crippen molar-refractivity contribution in [3.05, 3.63) is 29.3 Å². The number of hydrogen-bond acceptors (Lipinski definition) is 4. The molecular weight excluding hydrogens is 258 g/mol. The lowest BCUT2D eigenvalue weighted by molar-refractivity contribution is -0.138. The standard InChI is InChI=1S/C15H15NO4/c1-11-5-6-13(12(8-11)4-2-3-7-17)16-14(18)9-20-10-15(16)19/h5-6,8,17H,3,7,9-10H2,1H3. The minimum absolute atomic E-state index is 0.0242. The van der Waals surface area contributed by atoms with E-state index in [9.17, 15) is 9.59 Å². The fourth-order valence-electron chi connectivity index (χ4n) is 1.92. The van der Waals surface area contributed by atoms with Gasteiger partial charge in [0.15, 0.2) is 0 Å². The molecule has 0 bridgehead atoms. The lowest BCUT2D eigenvalue weighted by atomic mass is 10.1. The number of carbonyl (C=O) groups excluding carboxylic acids is 2. The Kier molecular flexibility index (Phi) is 4.51. The number of carbonyl (C=O) groups is 2. The number of aryl methyl sites for hydroxylation is 1. The van der Waals surface area contributed by atoms with Gasteiger partial charge in [-0.15, -0.1) is 0 Å². The summed E-state index contributed by atoms with van der Waals surface area (Å²) in [6, 6.07) is 5.34. The Balaban J connectivity index is 2.42. The van der Waals surface area contributed by atoms with Crippen LogP contribution in [0.1, 0.15) is 17.5 Å². The molecule has 104 valence electrons. The summed E-state index contributed by atoms with van der Waals surface area (Å²) in [7, 11) is 0. The maximum absolute atomic E-state index is 11.9. The number of amides is 2. The predicted octanol–water partition coefficient (Wildman–Crippen LogP) is 0.619. The molecule has 1 N–H and O–H groups in total. The molecule has 1 saturated heterocycles. The van der Waals surface area contributed by atoms with E-state index in [1.165, 1.54) is 0 Å². The molecule has 0 aromatic heterocycles. The van der Waals surface area contributed by atoms with E-state index in [1.54, 1.807) is 6.07 Å². The second-order valence-electron chi connectivity index (χ2n) is 4.41. The number of benzene rings is 1. The third-order valence-corrected chi connectivity index (χ3v) is 2.80. The van der Waals surface area contributed by atoms with Crippen molar-refractivity contribution in [2.24, 2.45) is 0 Å². The summed E-state index contributed by atoms with van der Waals surface area (Å²) in [5, 5.41) is 8.76. The molecule has 1 aromatic rings. The van der Waals surface area contributed by atoms with Crippen LogP contribution in [0.5, 0.6) is 0 Å². The summed E-state index contributed by atoms with van der Waals surface area (Å²) in [4.78, 5) is 24.8. The number of aliphatic hydroxyl groups excluding tert-OH is 1. The quantitative estimate of drug-likeness (QED) is 0.633. The van der Waals surface area contributed by atoms with Crippen LogP contribution in [-0.4, -0.2) is 36.7 Å². The van der Waals surface area contributed by atoms with Gasteiger partial charge in [-0.1, -0.05) is 17.9 Å². The largest absolute Gasteiger partial charge is 0.395 e. The van der Waals surface area contributed by atoms with Crippen LogP contribution < -0.4 is 4.90 Å². The van der Waals surface area contributed by atoms with Crippen LogP contribution in [0.15, 0.2) is 18.2 Å². The smallest absolute Gasteiger partial charge is 0.259 e. The topological polar surface area (TPSA) is 66.8 Å². The molecular formula is C15H15NO4. The molecule has 0 radical (unpaired) electrons. The monoisotopic (exact) mass is 273 g/mol. The summed E-state index contributed by atoms with van der Waals surface area (Å²) >= 11 is 0. The highest BCUT2D eigenvalue weighted by molar-refractivity contribution is 6.17. The highest BCUT2D eigenvalue weighted by Crippen LogP contribution is 2.23. The van der Waals surface area contributed by atoms with Crippen LogP contribution in [0.3, 0.4) is 0 Å². The highest BCUT2D eigenvalue weighted by atomic mass is 16.5. The maximum atomic E-state index is 11.9. The molecule has 0 atom stereocenters. The van der Waals surface area contributed by atoms with Crippen molar-refractivity contribution in [3.8, 4) is 11.8 Å². The second-order valence-corrected chi connectivity index (χ2v) is 4.41. The zero-order chi connectivity index (χ0) is 14.5. The van der Waals surface area contributed by atoms with Gasteiger partial charge in [-0.3, -0.25) is 9.59 Å². The molecule has 0 aliphatic carbocycles. The van der Waals surface area contributed by atoms with Crippen molar-refractivity contribution in [3.63, 3.8) is 0 Å². The lowest BCUT2D eigenvalue weighted by Crippen LogP contribution is -2.46. The zero-order valence-corrected chi connectivity index (χ0v) is 11.2. The molecule has 20 heavy (non-hydrogen) atoms. The number of morpholine rings is 1. The third-order valence-electron chi connectivity index (χ3n) is 2.80. The minimum atomic E-state index is -0.393. The van der Waals surface area contributed by atoms with Crippen LogP contribution in [-0.2, 0) is 14.3 Å². The van der Waals surface area contributed by atoms with Gasteiger partial charge in [0.05, 0.1) is 12.3 Å². The lowest BCUT2D eigenvalue weighted by Gasteiger charge is -2.26. The Morgan fingerprint density at radius 1 is 1.30 bits per heavy atom. The first-order chi connectivity index (χ1) is 9.63. The van der Waals surface area contributed by atoms with Crippen molar-refractivity contribution >= 4 is 17.5 Å². The van der Waals surface area contributed by atoms with E-state index < -0.39 is 11.8 Å². The first-order valence-corrected chi connectivity index (χ1v) is 6.27. The Hall–Kier alpha value is -2.16. The highest BCUT2D eigenvalue weighted by Gasteiger charge is 2.29. The number of nitrogens with zero attached hydrogens (tertiary/aromatic N) is 1. The van der Waals surface area contributed by atoms with Crippen molar-refractivity contribution in [2.45, 2.75) is 13.3 Å². The molecule has 2 amide bonds. The molecule has 0 unspecified atom stereocenters. The van der Waals surface area contributed by atoms with Gasteiger partial charge < -0.3 is 9.84 Å². The molecule has 1 fully saturated rings. The molecule has 1 aliphatic rings. The summed E-state index contributed by atoms with van der Waals surface area (Å²) in [5.74, 6) is 4.92. The van der Waals surface area contributed by atoms with Gasteiger partial charge in [0.2, 0.25) is 0 Å². The number of aliphatic hydroxyl groups is 1. The molecule has 1 heterocycles. The van der Waals surface area contributed by atoms with Gasteiger partial charge >= 0.3 is 0 Å². The molecule has 5 nitrogen and oxygen atoms in total. The van der Waals surface area contributed by atoms with E-state index in [2.05, 4.69) is 11.8 Å². The number of hydrogen-bond donors (Lipinski definition) is 1. The Bertz CT molecular complexity index is 582. The van der Waals surface area contributed by atoms with Crippen molar-refractivity contribution in [1.82, 2.24) is 0 Å². The average Bonchev–Trinajstić information content (AvgIpc) is 2.41. The first kappa shape index (κ1) is 14.3. The maximum Gasteiger partial charge on any atom is 0.259 e. The molecule has 5 heteroatoms. The van der Waals surface area contributed by atoms with Gasteiger partial charge in [0, 0.05) is 12.0 Å². The Morgan fingerprint density at radius 3 is 2.65 bits per heavy atom. The number of rotatable bonds is 2. The zero-order valence-electron chi connectivity index (χ0n) is 11.2. The van der Waals surface area contributed by atoms with Crippen molar-refractivity contribution < 1.29 is 19.4 Å². The van der Waals surface area contributed by atoms with Gasteiger partial charge in [-0.05, 0) is 24.6 Å². The van der Waals surface area contributed by atoms with Crippen LogP contribution in [0.4, 0.5) is 5.69 Å². The van der Waals surface area contributed by atoms with Gasteiger partial charge in [-0.2, -0.15) is 0 Å². The molecule has 2 rings (SSSR count). The molecule has 0 spiro atoms. The SMILES string of the molecule is Cc1ccc(N2C(=O)COCC2=O)c(C#CCCO)c1. The fourth-order valence-corrected chi connectivity index (χ4v) is 1.92. The Morgan fingerprint density at radius 2 is 2.00 bits per heavy atom. The summed E-state index contributed by atoms with van der Waals surface area (Å²) < 4.78 is 4.90. The van der Waals surface area contributed by atoms with Gasteiger partial charge in [0.1, 0.15) is 13.2 Å².